The summed E-state index contributed by atoms with van der Waals surface area (Å²) < 4.78 is 5.41. The first-order valence-corrected chi connectivity index (χ1v) is 5.17. The van der Waals surface area contributed by atoms with Gasteiger partial charge in [0, 0.05) is 0 Å². The summed E-state index contributed by atoms with van der Waals surface area (Å²) in [6.45, 7) is 0. The molecule has 1 aromatic carbocycles. The topological polar surface area (TPSA) is 92.3 Å². The van der Waals surface area contributed by atoms with Crippen LogP contribution in [0.15, 0.2) is 41.5 Å². The highest BCUT2D eigenvalue weighted by atomic mass is 16.5. The Labute approximate surface area is 102 Å². The summed E-state index contributed by atoms with van der Waals surface area (Å²) in [7, 11) is 0. The van der Waals surface area contributed by atoms with E-state index in [2.05, 4.69) is 9.97 Å². The second-order valence-corrected chi connectivity index (χ2v) is 3.57. The number of nitrogens with one attached hydrogen (secondary N) is 1. The monoisotopic (exact) mass is 246 g/mol. The SMILES string of the molecule is O=C(O)Cc1ccc(Oc2cnc(=O)[nH]c2)cc1. The fraction of sp³-hybridized carbons (Fsp3) is 0.0833. The number of aromatic nitrogens is 2. The molecule has 1 heterocycles. The van der Waals surface area contributed by atoms with Gasteiger partial charge in [-0.1, -0.05) is 12.1 Å². The summed E-state index contributed by atoms with van der Waals surface area (Å²) in [6, 6.07) is 6.65. The van der Waals surface area contributed by atoms with E-state index in [0.29, 0.717) is 17.1 Å². The quantitative estimate of drug-likeness (QED) is 0.845. The largest absolute Gasteiger partial charge is 0.481 e. The predicted molar refractivity (Wildman–Crippen MR) is 62.7 cm³/mol. The Bertz CT molecular complexity index is 584. The number of aromatic amines is 1. The van der Waals surface area contributed by atoms with Gasteiger partial charge in [0.15, 0.2) is 5.75 Å². The van der Waals surface area contributed by atoms with E-state index in [1.807, 2.05) is 0 Å². The molecule has 0 saturated carbocycles. The molecule has 0 atom stereocenters. The second-order valence-electron chi connectivity index (χ2n) is 3.57. The number of hydrogen-bond acceptors (Lipinski definition) is 4. The molecule has 6 heteroatoms. The first-order chi connectivity index (χ1) is 8.63. The van der Waals surface area contributed by atoms with Gasteiger partial charge in [-0.3, -0.25) is 4.79 Å². The van der Waals surface area contributed by atoms with Crippen LogP contribution in [0.25, 0.3) is 0 Å². The lowest BCUT2D eigenvalue weighted by Crippen LogP contribution is -2.07. The number of ether oxygens (including phenoxy) is 1. The van der Waals surface area contributed by atoms with Crippen molar-refractivity contribution in [1.82, 2.24) is 9.97 Å². The van der Waals surface area contributed by atoms with Crippen LogP contribution in [0, 0.1) is 0 Å². The third-order valence-electron chi connectivity index (χ3n) is 2.16. The Hall–Kier alpha value is -2.63. The Morgan fingerprint density at radius 1 is 1.28 bits per heavy atom. The molecule has 92 valence electrons. The Morgan fingerprint density at radius 3 is 2.56 bits per heavy atom. The molecule has 0 bridgehead atoms. The second kappa shape index (κ2) is 5.13. The Kier molecular flexibility index (Phi) is 3.38. The van der Waals surface area contributed by atoms with Crippen LogP contribution in [0.1, 0.15) is 5.56 Å². The van der Waals surface area contributed by atoms with Crippen molar-refractivity contribution >= 4 is 5.97 Å². The molecule has 2 rings (SSSR count). The van der Waals surface area contributed by atoms with Crippen LogP contribution in [-0.4, -0.2) is 21.0 Å². The molecule has 18 heavy (non-hydrogen) atoms. The van der Waals surface area contributed by atoms with Crippen molar-refractivity contribution in [3.63, 3.8) is 0 Å². The fourth-order valence-corrected chi connectivity index (χ4v) is 1.37. The van der Waals surface area contributed by atoms with E-state index in [9.17, 15) is 9.59 Å². The van der Waals surface area contributed by atoms with Crippen molar-refractivity contribution in [3.8, 4) is 11.5 Å². The zero-order chi connectivity index (χ0) is 13.0. The van der Waals surface area contributed by atoms with E-state index in [4.69, 9.17) is 9.84 Å². The standard InChI is InChI=1S/C12H10N2O4/c15-11(16)5-8-1-3-9(4-2-8)18-10-6-13-12(17)14-7-10/h1-4,6-7H,5H2,(H,15,16)(H,13,14,17). The van der Waals surface area contributed by atoms with Crippen molar-refractivity contribution in [3.05, 3.63) is 52.7 Å². The van der Waals surface area contributed by atoms with Gasteiger partial charge < -0.3 is 14.8 Å². The first-order valence-electron chi connectivity index (χ1n) is 5.17. The minimum absolute atomic E-state index is 0.0273. The van der Waals surface area contributed by atoms with E-state index in [-0.39, 0.29) is 6.42 Å². The zero-order valence-electron chi connectivity index (χ0n) is 9.29. The van der Waals surface area contributed by atoms with Gasteiger partial charge in [-0.25, -0.2) is 4.79 Å². The van der Waals surface area contributed by atoms with E-state index in [0.717, 1.165) is 0 Å². The minimum Gasteiger partial charge on any atom is -0.481 e. The molecule has 0 aliphatic carbocycles. The van der Waals surface area contributed by atoms with Gasteiger partial charge in [0.2, 0.25) is 0 Å². The number of carboxylic acids is 1. The molecule has 0 amide bonds. The first kappa shape index (κ1) is 11.8. The van der Waals surface area contributed by atoms with Gasteiger partial charge in [-0.2, -0.15) is 4.98 Å². The Morgan fingerprint density at radius 2 is 2.00 bits per heavy atom. The van der Waals surface area contributed by atoms with Crippen LogP contribution in [-0.2, 0) is 11.2 Å². The molecule has 1 aromatic heterocycles. The Balaban J connectivity index is 2.08. The molecule has 0 aliphatic heterocycles. The molecule has 0 aliphatic rings. The van der Waals surface area contributed by atoms with E-state index < -0.39 is 11.7 Å². The van der Waals surface area contributed by atoms with Crippen LogP contribution in [0.5, 0.6) is 11.5 Å². The molecule has 0 saturated heterocycles. The van der Waals surface area contributed by atoms with Crippen LogP contribution < -0.4 is 10.4 Å². The number of carbonyl (C=O) groups is 1. The number of benzene rings is 1. The van der Waals surface area contributed by atoms with Crippen molar-refractivity contribution in [2.24, 2.45) is 0 Å². The molecule has 2 N–H and O–H groups in total. The lowest BCUT2D eigenvalue weighted by molar-refractivity contribution is -0.136. The third-order valence-corrected chi connectivity index (χ3v) is 2.16. The summed E-state index contributed by atoms with van der Waals surface area (Å²) in [5.41, 5.74) is 0.244. The molecule has 0 spiro atoms. The molecule has 0 unspecified atom stereocenters. The van der Waals surface area contributed by atoms with E-state index in [1.165, 1.54) is 12.4 Å². The number of H-pyrrole nitrogens is 1. The summed E-state index contributed by atoms with van der Waals surface area (Å²) in [6.07, 6.45) is 2.69. The fourth-order valence-electron chi connectivity index (χ4n) is 1.37. The zero-order valence-corrected chi connectivity index (χ0v) is 9.29. The maximum absolute atomic E-state index is 10.7. The van der Waals surface area contributed by atoms with Gasteiger partial charge in [-0.15, -0.1) is 0 Å². The highest BCUT2D eigenvalue weighted by Gasteiger charge is 2.02. The van der Waals surface area contributed by atoms with Gasteiger partial charge in [0.1, 0.15) is 5.75 Å². The van der Waals surface area contributed by atoms with Crippen molar-refractivity contribution < 1.29 is 14.6 Å². The average molecular weight is 246 g/mol. The van der Waals surface area contributed by atoms with Crippen LogP contribution in [0.2, 0.25) is 0 Å². The number of aliphatic carboxylic acids is 1. The lowest BCUT2D eigenvalue weighted by atomic mass is 10.1. The van der Waals surface area contributed by atoms with Gasteiger partial charge >= 0.3 is 11.7 Å². The van der Waals surface area contributed by atoms with Gasteiger partial charge in [-0.05, 0) is 17.7 Å². The highest BCUT2D eigenvalue weighted by molar-refractivity contribution is 5.70. The minimum atomic E-state index is -0.881. The average Bonchev–Trinajstić information content (AvgIpc) is 2.34. The highest BCUT2D eigenvalue weighted by Crippen LogP contribution is 2.19. The maximum Gasteiger partial charge on any atom is 0.345 e. The maximum atomic E-state index is 10.7. The van der Waals surface area contributed by atoms with E-state index in [1.54, 1.807) is 24.3 Å². The number of rotatable bonds is 4. The molecular weight excluding hydrogens is 236 g/mol. The van der Waals surface area contributed by atoms with Gasteiger partial charge in [0.25, 0.3) is 0 Å². The summed E-state index contributed by atoms with van der Waals surface area (Å²) in [5.74, 6) is 0.0621. The number of nitrogens with zero attached hydrogens (tertiary/aromatic N) is 1. The smallest absolute Gasteiger partial charge is 0.345 e. The van der Waals surface area contributed by atoms with Crippen molar-refractivity contribution in [1.29, 1.82) is 0 Å². The molecule has 0 fully saturated rings. The van der Waals surface area contributed by atoms with Crippen LogP contribution in [0.3, 0.4) is 0 Å². The number of hydrogen-bond donors (Lipinski definition) is 2. The van der Waals surface area contributed by atoms with Gasteiger partial charge in [0.05, 0.1) is 18.8 Å². The van der Waals surface area contributed by atoms with Crippen molar-refractivity contribution in [2.75, 3.05) is 0 Å². The van der Waals surface area contributed by atoms with Crippen LogP contribution in [0.4, 0.5) is 0 Å². The molecular formula is C12H10N2O4. The van der Waals surface area contributed by atoms with Crippen LogP contribution >= 0.6 is 0 Å². The molecule has 2 aromatic rings. The summed E-state index contributed by atoms with van der Waals surface area (Å²) in [4.78, 5) is 27.2. The number of carboxylic acid groups (broad SMARTS) is 1. The summed E-state index contributed by atoms with van der Waals surface area (Å²) in [5, 5.41) is 8.62. The molecule has 6 nitrogen and oxygen atoms in total. The van der Waals surface area contributed by atoms with E-state index >= 15 is 0 Å². The van der Waals surface area contributed by atoms with Crippen molar-refractivity contribution in [2.45, 2.75) is 6.42 Å². The molecule has 0 radical (unpaired) electrons. The third kappa shape index (κ3) is 3.18. The predicted octanol–water partition coefficient (Wildman–Crippen LogP) is 1.19. The summed E-state index contributed by atoms with van der Waals surface area (Å²) >= 11 is 0. The normalized spacial score (nSPS) is 10.0. The lowest BCUT2D eigenvalue weighted by Gasteiger charge is -2.05.